The van der Waals surface area contributed by atoms with Crippen molar-refractivity contribution in [3.8, 4) is 34.0 Å². The molecule has 7 rings (SSSR count). The number of benzene rings is 5. The Balaban J connectivity index is 1.27. The zero-order valence-corrected chi connectivity index (χ0v) is 18.1. The third kappa shape index (κ3) is 2.93. The first kappa shape index (κ1) is 18.8. The van der Waals surface area contributed by atoms with Crippen LogP contribution in [-0.2, 0) is 0 Å². The smallest absolute Gasteiger partial charge is 0.248 e. The van der Waals surface area contributed by atoms with Crippen LogP contribution in [0.25, 0.3) is 66.7 Å². The number of aromatic nitrogens is 2. The Morgan fingerprint density at radius 1 is 0.441 bits per heavy atom. The maximum Gasteiger partial charge on any atom is 0.248 e. The van der Waals surface area contributed by atoms with E-state index in [2.05, 4.69) is 64.8 Å². The largest absolute Gasteiger partial charge is 0.455 e. The monoisotopic (exact) mass is 438 g/mol. The maximum absolute atomic E-state index is 6.20. The Labute approximate surface area is 195 Å². The van der Waals surface area contributed by atoms with Crippen molar-refractivity contribution in [1.82, 2.24) is 10.2 Å². The lowest BCUT2D eigenvalue weighted by molar-refractivity contribution is 0.585. The number of nitrogens with zero attached hydrogens (tertiary/aromatic N) is 2. The molecule has 2 aromatic heterocycles. The third-order valence-electron chi connectivity index (χ3n) is 6.29. The summed E-state index contributed by atoms with van der Waals surface area (Å²) in [6.07, 6.45) is 0. The molecule has 0 bridgehead atoms. The molecular formula is C30H18N2O2. The van der Waals surface area contributed by atoms with E-state index in [0.29, 0.717) is 11.8 Å². The fourth-order valence-electron chi connectivity index (χ4n) is 4.63. The zero-order valence-electron chi connectivity index (χ0n) is 18.1. The summed E-state index contributed by atoms with van der Waals surface area (Å²) in [6, 6.07) is 36.9. The second kappa shape index (κ2) is 7.42. The van der Waals surface area contributed by atoms with Crippen LogP contribution in [0.4, 0.5) is 0 Å². The standard InChI is InChI=1S/C30H18N2O2/c1-2-9-22-19(7-1)8-5-13-26(22)30-32-31-29(34-30)21-17-15-20(16-18-21)23-11-6-12-25-24-10-3-4-14-27(24)33-28(23)25/h1-18H. The Morgan fingerprint density at radius 2 is 1.09 bits per heavy atom. The SMILES string of the molecule is c1ccc2c(-c3nnc(-c4ccc(-c5cccc6c5oc5ccccc56)cc4)o3)cccc2c1. The van der Waals surface area contributed by atoms with Crippen molar-refractivity contribution in [3.05, 3.63) is 109 Å². The van der Waals surface area contributed by atoms with Crippen molar-refractivity contribution in [2.75, 3.05) is 0 Å². The average molecular weight is 438 g/mol. The van der Waals surface area contributed by atoms with Gasteiger partial charge in [-0.1, -0.05) is 84.9 Å². The van der Waals surface area contributed by atoms with E-state index in [4.69, 9.17) is 8.83 Å². The van der Waals surface area contributed by atoms with Crippen LogP contribution in [0.3, 0.4) is 0 Å². The minimum atomic E-state index is 0.497. The minimum absolute atomic E-state index is 0.497. The van der Waals surface area contributed by atoms with Gasteiger partial charge in [-0.05, 0) is 40.6 Å². The van der Waals surface area contributed by atoms with Crippen LogP contribution in [0.1, 0.15) is 0 Å². The minimum Gasteiger partial charge on any atom is -0.455 e. The highest BCUT2D eigenvalue weighted by Gasteiger charge is 2.15. The number of furan rings is 1. The number of para-hydroxylation sites is 2. The average Bonchev–Trinajstić information content (AvgIpc) is 3.54. The Kier molecular flexibility index (Phi) is 4.11. The highest BCUT2D eigenvalue weighted by atomic mass is 16.4. The molecule has 0 aliphatic heterocycles. The summed E-state index contributed by atoms with van der Waals surface area (Å²) in [5.41, 5.74) is 5.73. The second-order valence-corrected chi connectivity index (χ2v) is 8.30. The van der Waals surface area contributed by atoms with E-state index in [1.54, 1.807) is 0 Å². The molecule has 0 unspecified atom stereocenters. The van der Waals surface area contributed by atoms with Gasteiger partial charge in [0.25, 0.3) is 0 Å². The highest BCUT2D eigenvalue weighted by Crippen LogP contribution is 2.36. The molecule has 0 radical (unpaired) electrons. The van der Waals surface area contributed by atoms with Crippen molar-refractivity contribution >= 4 is 32.7 Å². The van der Waals surface area contributed by atoms with Crippen molar-refractivity contribution < 1.29 is 8.83 Å². The van der Waals surface area contributed by atoms with Gasteiger partial charge in [0.1, 0.15) is 11.2 Å². The third-order valence-corrected chi connectivity index (χ3v) is 6.29. The molecule has 0 fully saturated rings. The van der Waals surface area contributed by atoms with E-state index in [1.165, 1.54) is 0 Å². The molecule has 160 valence electrons. The Bertz CT molecular complexity index is 1800. The van der Waals surface area contributed by atoms with Gasteiger partial charge in [-0.3, -0.25) is 0 Å². The lowest BCUT2D eigenvalue weighted by atomic mass is 10.0. The van der Waals surface area contributed by atoms with Gasteiger partial charge in [0.15, 0.2) is 0 Å². The molecule has 5 aromatic carbocycles. The number of hydrogen-bond acceptors (Lipinski definition) is 4. The van der Waals surface area contributed by atoms with Gasteiger partial charge in [-0.15, -0.1) is 10.2 Å². The van der Waals surface area contributed by atoms with Crippen LogP contribution >= 0.6 is 0 Å². The fourth-order valence-corrected chi connectivity index (χ4v) is 4.63. The predicted molar refractivity (Wildman–Crippen MR) is 135 cm³/mol. The first-order valence-electron chi connectivity index (χ1n) is 11.2. The highest BCUT2D eigenvalue weighted by molar-refractivity contribution is 6.09. The van der Waals surface area contributed by atoms with Gasteiger partial charge in [-0.2, -0.15) is 0 Å². The van der Waals surface area contributed by atoms with E-state index in [9.17, 15) is 0 Å². The van der Waals surface area contributed by atoms with Gasteiger partial charge in [0.2, 0.25) is 11.8 Å². The summed E-state index contributed by atoms with van der Waals surface area (Å²) < 4.78 is 12.3. The van der Waals surface area contributed by atoms with Crippen LogP contribution in [0.2, 0.25) is 0 Å². The molecule has 4 heteroatoms. The number of rotatable bonds is 3. The molecule has 0 amide bonds. The molecule has 2 heterocycles. The number of hydrogen-bond donors (Lipinski definition) is 0. The van der Waals surface area contributed by atoms with Crippen molar-refractivity contribution in [2.24, 2.45) is 0 Å². The Morgan fingerprint density at radius 3 is 2.00 bits per heavy atom. The lowest BCUT2D eigenvalue weighted by Gasteiger charge is -2.04. The van der Waals surface area contributed by atoms with E-state index >= 15 is 0 Å². The molecule has 7 aromatic rings. The van der Waals surface area contributed by atoms with Crippen LogP contribution in [-0.4, -0.2) is 10.2 Å². The van der Waals surface area contributed by atoms with Gasteiger partial charge in [0.05, 0.1) is 0 Å². The summed E-state index contributed by atoms with van der Waals surface area (Å²) in [5, 5.41) is 13.1. The molecule has 0 N–H and O–H groups in total. The van der Waals surface area contributed by atoms with Crippen LogP contribution in [0.15, 0.2) is 118 Å². The molecule has 0 saturated carbocycles. The van der Waals surface area contributed by atoms with Crippen molar-refractivity contribution in [3.63, 3.8) is 0 Å². The van der Waals surface area contributed by atoms with E-state index in [0.717, 1.165) is 55.0 Å². The predicted octanol–water partition coefficient (Wildman–Crippen LogP) is 8.12. The molecule has 0 atom stereocenters. The Hall–Kier alpha value is -4.70. The molecule has 0 aliphatic carbocycles. The van der Waals surface area contributed by atoms with Gasteiger partial charge in [-0.25, -0.2) is 0 Å². The van der Waals surface area contributed by atoms with Crippen LogP contribution in [0, 0.1) is 0 Å². The first-order chi connectivity index (χ1) is 16.8. The van der Waals surface area contributed by atoms with Gasteiger partial charge < -0.3 is 8.83 Å². The molecule has 0 aliphatic rings. The zero-order chi connectivity index (χ0) is 22.5. The molecule has 0 spiro atoms. The summed E-state index contributed by atoms with van der Waals surface area (Å²) in [4.78, 5) is 0. The van der Waals surface area contributed by atoms with Crippen molar-refractivity contribution in [2.45, 2.75) is 0 Å². The maximum atomic E-state index is 6.20. The first-order valence-corrected chi connectivity index (χ1v) is 11.2. The summed E-state index contributed by atoms with van der Waals surface area (Å²) >= 11 is 0. The van der Waals surface area contributed by atoms with Gasteiger partial charge >= 0.3 is 0 Å². The summed E-state index contributed by atoms with van der Waals surface area (Å²) in [6.45, 7) is 0. The number of fused-ring (bicyclic) bond motifs is 4. The quantitative estimate of drug-likeness (QED) is 0.279. The summed E-state index contributed by atoms with van der Waals surface area (Å²) in [5.74, 6) is 1.01. The van der Waals surface area contributed by atoms with E-state index in [-0.39, 0.29) is 0 Å². The molecule has 34 heavy (non-hydrogen) atoms. The van der Waals surface area contributed by atoms with Crippen LogP contribution in [0.5, 0.6) is 0 Å². The normalized spacial score (nSPS) is 11.5. The van der Waals surface area contributed by atoms with E-state index in [1.807, 2.05) is 54.6 Å². The van der Waals surface area contributed by atoms with Crippen molar-refractivity contribution in [1.29, 1.82) is 0 Å². The topological polar surface area (TPSA) is 52.1 Å². The molecular weight excluding hydrogens is 420 g/mol. The van der Waals surface area contributed by atoms with Gasteiger partial charge in [0, 0.05) is 27.5 Å². The second-order valence-electron chi connectivity index (χ2n) is 8.30. The fraction of sp³-hybridized carbons (Fsp3) is 0. The van der Waals surface area contributed by atoms with E-state index < -0.39 is 0 Å². The molecule has 4 nitrogen and oxygen atoms in total. The lowest BCUT2D eigenvalue weighted by Crippen LogP contribution is -1.81. The van der Waals surface area contributed by atoms with Crippen LogP contribution < -0.4 is 0 Å². The molecule has 0 saturated heterocycles. The summed E-state index contributed by atoms with van der Waals surface area (Å²) in [7, 11) is 0.